The van der Waals surface area contributed by atoms with Gasteiger partial charge in [-0.2, -0.15) is 0 Å². The summed E-state index contributed by atoms with van der Waals surface area (Å²) in [5, 5.41) is 0. The molecule has 0 aromatic carbocycles. The average Bonchev–Trinajstić information content (AvgIpc) is 3.00. The van der Waals surface area contributed by atoms with Gasteiger partial charge in [-0.15, -0.1) is 0 Å². The van der Waals surface area contributed by atoms with Crippen LogP contribution in [0.25, 0.3) is 0 Å². The van der Waals surface area contributed by atoms with Crippen LogP contribution in [0.4, 0.5) is 0 Å². The lowest BCUT2D eigenvalue weighted by Gasteiger charge is -2.18. The molecule has 0 aliphatic heterocycles. The Morgan fingerprint density at radius 3 is 1.69 bits per heavy atom. The second-order valence-electron chi connectivity index (χ2n) is 10.7. The summed E-state index contributed by atoms with van der Waals surface area (Å²) >= 11 is 0. The van der Waals surface area contributed by atoms with Crippen molar-refractivity contribution in [2.75, 3.05) is 13.2 Å². The van der Waals surface area contributed by atoms with Gasteiger partial charge in [0, 0.05) is 12.8 Å². The maximum atomic E-state index is 12.3. The van der Waals surface area contributed by atoms with Gasteiger partial charge in [-0.3, -0.25) is 14.1 Å². The predicted octanol–water partition coefficient (Wildman–Crippen LogP) is 9.56. The molecule has 0 bridgehead atoms. The van der Waals surface area contributed by atoms with E-state index < -0.39 is 32.5 Å². The Bertz CT molecular complexity index is 958. The van der Waals surface area contributed by atoms with Gasteiger partial charge in [0.2, 0.25) is 0 Å². The van der Waals surface area contributed by atoms with Gasteiger partial charge in [-0.1, -0.05) is 119 Å². The maximum Gasteiger partial charge on any atom is 0.469 e. The number of ether oxygens (including phenoxy) is 2. The van der Waals surface area contributed by atoms with E-state index in [1.54, 1.807) is 0 Å². The molecule has 9 heteroatoms. The summed E-state index contributed by atoms with van der Waals surface area (Å²) in [4.78, 5) is 42.5. The van der Waals surface area contributed by atoms with Crippen molar-refractivity contribution in [1.29, 1.82) is 0 Å². The Balaban J connectivity index is 4.17. The van der Waals surface area contributed by atoms with Crippen molar-refractivity contribution >= 4 is 19.8 Å². The molecule has 1 unspecified atom stereocenters. The molecule has 0 saturated carbocycles. The number of allylic oxidation sites excluding steroid dienone is 12. The molecule has 0 aromatic rings. The van der Waals surface area contributed by atoms with E-state index in [1.165, 1.54) is 12.8 Å². The van der Waals surface area contributed by atoms with Crippen LogP contribution in [-0.4, -0.2) is 41.0 Å². The molecule has 0 saturated heterocycles. The molecule has 256 valence electrons. The molecule has 0 fully saturated rings. The Labute approximate surface area is 272 Å². The fourth-order valence-corrected chi connectivity index (χ4v) is 4.35. The number of carbonyl (C=O) groups is 2. The molecule has 45 heavy (non-hydrogen) atoms. The molecule has 0 rings (SSSR count). The lowest BCUT2D eigenvalue weighted by atomic mass is 10.1. The molecule has 0 heterocycles. The topological polar surface area (TPSA) is 119 Å². The normalized spacial score (nSPS) is 13.4. The van der Waals surface area contributed by atoms with E-state index in [-0.39, 0.29) is 19.4 Å². The van der Waals surface area contributed by atoms with Gasteiger partial charge in [0.25, 0.3) is 0 Å². The van der Waals surface area contributed by atoms with Crippen LogP contribution in [0.2, 0.25) is 0 Å². The van der Waals surface area contributed by atoms with Crippen molar-refractivity contribution in [2.24, 2.45) is 0 Å². The lowest BCUT2D eigenvalue weighted by Crippen LogP contribution is -2.29. The summed E-state index contributed by atoms with van der Waals surface area (Å²) in [5.74, 6) is -1.01. The molecular formula is C36H59O8P. The highest BCUT2D eigenvalue weighted by molar-refractivity contribution is 7.46. The van der Waals surface area contributed by atoms with Crippen LogP contribution >= 0.6 is 7.82 Å². The Morgan fingerprint density at radius 1 is 0.600 bits per heavy atom. The van der Waals surface area contributed by atoms with Gasteiger partial charge < -0.3 is 19.3 Å². The molecule has 1 atom stereocenters. The highest BCUT2D eigenvalue weighted by Gasteiger charge is 2.22. The smallest absolute Gasteiger partial charge is 0.462 e. The second kappa shape index (κ2) is 31.5. The van der Waals surface area contributed by atoms with E-state index in [9.17, 15) is 14.2 Å². The molecule has 2 N–H and O–H groups in total. The van der Waals surface area contributed by atoms with Crippen LogP contribution in [0, 0.1) is 0 Å². The van der Waals surface area contributed by atoms with E-state index in [0.717, 1.165) is 70.6 Å². The number of hydrogen-bond acceptors (Lipinski definition) is 6. The molecule has 0 aliphatic carbocycles. The predicted molar refractivity (Wildman–Crippen MR) is 184 cm³/mol. The van der Waals surface area contributed by atoms with Crippen molar-refractivity contribution in [2.45, 2.75) is 129 Å². The summed E-state index contributed by atoms with van der Waals surface area (Å²) in [5.41, 5.74) is 0. The summed E-state index contributed by atoms with van der Waals surface area (Å²) in [6.07, 6.45) is 39.3. The number of hydrogen-bond donors (Lipinski definition) is 2. The monoisotopic (exact) mass is 650 g/mol. The molecule has 0 aliphatic rings. The Hall–Kier alpha value is -2.51. The zero-order chi connectivity index (χ0) is 33.3. The quantitative estimate of drug-likeness (QED) is 0.0356. The maximum absolute atomic E-state index is 12.3. The minimum atomic E-state index is -4.77. The van der Waals surface area contributed by atoms with E-state index in [1.807, 2.05) is 12.2 Å². The minimum Gasteiger partial charge on any atom is -0.462 e. The van der Waals surface area contributed by atoms with Crippen molar-refractivity contribution in [3.8, 4) is 0 Å². The van der Waals surface area contributed by atoms with Crippen LogP contribution in [0.3, 0.4) is 0 Å². The Kier molecular flexibility index (Phi) is 29.7. The van der Waals surface area contributed by atoms with E-state index in [0.29, 0.717) is 12.8 Å². The molecular weight excluding hydrogens is 591 g/mol. The minimum absolute atomic E-state index is 0.0838. The Morgan fingerprint density at radius 2 is 1.11 bits per heavy atom. The molecule has 8 nitrogen and oxygen atoms in total. The van der Waals surface area contributed by atoms with Crippen molar-refractivity contribution in [1.82, 2.24) is 0 Å². The zero-order valence-corrected chi connectivity index (χ0v) is 28.6. The fourth-order valence-electron chi connectivity index (χ4n) is 3.99. The van der Waals surface area contributed by atoms with Crippen LogP contribution in [0.1, 0.15) is 123 Å². The second-order valence-corrected chi connectivity index (χ2v) is 12.0. The van der Waals surface area contributed by atoms with Gasteiger partial charge in [-0.25, -0.2) is 4.57 Å². The number of rotatable bonds is 29. The van der Waals surface area contributed by atoms with Gasteiger partial charge in [0.15, 0.2) is 6.10 Å². The van der Waals surface area contributed by atoms with Gasteiger partial charge in [-0.05, 0) is 64.2 Å². The van der Waals surface area contributed by atoms with Crippen LogP contribution in [0.5, 0.6) is 0 Å². The number of unbranched alkanes of at least 4 members (excludes halogenated alkanes) is 7. The lowest BCUT2D eigenvalue weighted by molar-refractivity contribution is -0.161. The summed E-state index contributed by atoms with van der Waals surface area (Å²) in [6, 6.07) is 0. The van der Waals surface area contributed by atoms with Crippen LogP contribution in [0.15, 0.2) is 72.9 Å². The standard InChI is InChI=1S/C36H59O8P/c1-3-5-7-9-11-13-15-17-19-20-22-24-26-28-30-35(37)42-32-34(33-43-45(39,40)41)44-36(38)31-29-27-25-23-21-18-16-14-12-10-8-6-4-2/h6,8-9,11-12,14-15,17-18,21,25,27,34H,3-5,7,10,13,16,19-20,22-24,26,28-33H2,1-2H3,(H2,39,40,41)/b8-6-,11-9-,14-12-,17-15-,21-18-,27-25-. The number of esters is 2. The van der Waals surface area contributed by atoms with Crippen molar-refractivity contribution in [3.63, 3.8) is 0 Å². The van der Waals surface area contributed by atoms with E-state index in [2.05, 4.69) is 79.1 Å². The summed E-state index contributed by atoms with van der Waals surface area (Å²) in [7, 11) is -4.77. The highest BCUT2D eigenvalue weighted by atomic mass is 31.2. The van der Waals surface area contributed by atoms with E-state index >= 15 is 0 Å². The van der Waals surface area contributed by atoms with Gasteiger partial charge in [0.1, 0.15) is 6.61 Å². The van der Waals surface area contributed by atoms with Crippen LogP contribution < -0.4 is 0 Å². The number of carbonyl (C=O) groups excluding carboxylic acids is 2. The third-order valence-electron chi connectivity index (χ3n) is 6.47. The average molecular weight is 651 g/mol. The molecule has 0 aromatic heterocycles. The van der Waals surface area contributed by atoms with Crippen LogP contribution in [-0.2, 0) is 28.2 Å². The zero-order valence-electron chi connectivity index (χ0n) is 27.7. The summed E-state index contributed by atoms with van der Waals surface area (Å²) in [6.45, 7) is 3.41. The largest absolute Gasteiger partial charge is 0.469 e. The van der Waals surface area contributed by atoms with Gasteiger partial charge >= 0.3 is 19.8 Å². The molecule has 0 spiro atoms. The third kappa shape index (κ3) is 34.2. The summed E-state index contributed by atoms with van der Waals surface area (Å²) < 4.78 is 26.1. The van der Waals surface area contributed by atoms with E-state index in [4.69, 9.17) is 19.3 Å². The van der Waals surface area contributed by atoms with Crippen molar-refractivity contribution < 1.29 is 37.9 Å². The fraction of sp³-hybridized carbons (Fsp3) is 0.611. The third-order valence-corrected chi connectivity index (χ3v) is 6.96. The SMILES string of the molecule is CC/C=C\C/C=C\C/C=C\C/C=C\CCC(=O)OC(COC(=O)CCCCCCC/C=C\C/C=C\CCCC)COP(=O)(O)O. The first-order valence-corrected chi connectivity index (χ1v) is 18.3. The first-order chi connectivity index (χ1) is 21.8. The van der Waals surface area contributed by atoms with Gasteiger partial charge in [0.05, 0.1) is 6.61 Å². The number of phosphoric acid groups is 1. The highest BCUT2D eigenvalue weighted by Crippen LogP contribution is 2.35. The van der Waals surface area contributed by atoms with Crippen molar-refractivity contribution in [3.05, 3.63) is 72.9 Å². The first kappa shape index (κ1) is 42.5. The first-order valence-electron chi connectivity index (χ1n) is 16.7. The molecule has 0 radical (unpaired) electrons. The number of phosphoric ester groups is 1. The molecule has 0 amide bonds.